The normalized spacial score (nSPS) is 10.2. The van der Waals surface area contributed by atoms with E-state index in [1.807, 2.05) is 11.3 Å². The van der Waals surface area contributed by atoms with E-state index in [1.165, 1.54) is 22.6 Å². The molecule has 0 N–H and O–H groups in total. The van der Waals surface area contributed by atoms with Gasteiger partial charge in [0.15, 0.2) is 0 Å². The molecular weight excluding hydrogens is 212 g/mol. The van der Waals surface area contributed by atoms with Crippen LogP contribution in [-0.4, -0.2) is 0 Å². The standard InChI is InChI=1S/C15H22S/c1-4-5-6-7-8-9-14-10-11-15(16-14)12-13(2)3/h10-11,13H,4-5,8-9,12H2,1-3H3. The maximum Gasteiger partial charge on any atom is 0.0137 e. The van der Waals surface area contributed by atoms with E-state index in [1.54, 1.807) is 0 Å². The molecule has 1 aromatic heterocycles. The number of aryl methyl sites for hydroxylation is 1. The molecule has 0 unspecified atom stereocenters. The summed E-state index contributed by atoms with van der Waals surface area (Å²) in [5.41, 5.74) is 0. The summed E-state index contributed by atoms with van der Waals surface area (Å²) in [5, 5.41) is 0. The first-order valence-corrected chi connectivity index (χ1v) is 7.07. The number of rotatable bonds is 5. The van der Waals surface area contributed by atoms with Crippen LogP contribution < -0.4 is 0 Å². The average Bonchev–Trinajstić information content (AvgIpc) is 2.64. The third-order valence-electron chi connectivity index (χ3n) is 2.32. The van der Waals surface area contributed by atoms with E-state index in [2.05, 4.69) is 44.7 Å². The van der Waals surface area contributed by atoms with Gasteiger partial charge in [-0.25, -0.2) is 0 Å². The molecule has 1 heteroatoms. The van der Waals surface area contributed by atoms with Crippen LogP contribution in [0.3, 0.4) is 0 Å². The second-order valence-electron chi connectivity index (χ2n) is 4.57. The van der Waals surface area contributed by atoms with Gasteiger partial charge in [-0.2, -0.15) is 0 Å². The fourth-order valence-corrected chi connectivity index (χ4v) is 2.79. The Morgan fingerprint density at radius 1 is 1.12 bits per heavy atom. The van der Waals surface area contributed by atoms with Crippen molar-refractivity contribution in [3.8, 4) is 11.8 Å². The molecule has 0 spiro atoms. The predicted molar refractivity (Wildman–Crippen MR) is 73.9 cm³/mol. The molecular formula is C15H22S. The third kappa shape index (κ3) is 5.37. The van der Waals surface area contributed by atoms with E-state index in [-0.39, 0.29) is 0 Å². The summed E-state index contributed by atoms with van der Waals surface area (Å²) < 4.78 is 0. The lowest BCUT2D eigenvalue weighted by Crippen LogP contribution is -1.89. The van der Waals surface area contributed by atoms with Crippen LogP contribution in [0.2, 0.25) is 0 Å². The van der Waals surface area contributed by atoms with E-state index in [9.17, 15) is 0 Å². The van der Waals surface area contributed by atoms with Crippen molar-refractivity contribution < 1.29 is 0 Å². The minimum Gasteiger partial charge on any atom is -0.145 e. The van der Waals surface area contributed by atoms with Gasteiger partial charge in [-0.15, -0.1) is 23.2 Å². The fourth-order valence-electron chi connectivity index (χ4n) is 1.56. The van der Waals surface area contributed by atoms with Crippen LogP contribution in [0.1, 0.15) is 49.8 Å². The zero-order valence-electron chi connectivity index (χ0n) is 10.7. The van der Waals surface area contributed by atoms with E-state index in [0.29, 0.717) is 0 Å². The lowest BCUT2D eigenvalue weighted by molar-refractivity contribution is 0.654. The van der Waals surface area contributed by atoms with Gasteiger partial charge in [0, 0.05) is 22.6 Å². The van der Waals surface area contributed by atoms with E-state index in [4.69, 9.17) is 0 Å². The summed E-state index contributed by atoms with van der Waals surface area (Å²) >= 11 is 1.96. The molecule has 0 saturated heterocycles. The molecule has 0 aromatic carbocycles. The first kappa shape index (κ1) is 13.3. The lowest BCUT2D eigenvalue weighted by Gasteiger charge is -1.99. The Bertz CT molecular complexity index is 349. The molecule has 1 heterocycles. The van der Waals surface area contributed by atoms with Crippen LogP contribution in [-0.2, 0) is 12.8 Å². The highest BCUT2D eigenvalue weighted by molar-refractivity contribution is 7.11. The quantitative estimate of drug-likeness (QED) is 0.649. The summed E-state index contributed by atoms with van der Waals surface area (Å²) in [6.07, 6.45) is 5.57. The summed E-state index contributed by atoms with van der Waals surface area (Å²) in [6, 6.07) is 4.54. The van der Waals surface area contributed by atoms with Gasteiger partial charge >= 0.3 is 0 Å². The highest BCUT2D eigenvalue weighted by Crippen LogP contribution is 2.20. The van der Waals surface area contributed by atoms with Crippen LogP contribution in [0.5, 0.6) is 0 Å². The van der Waals surface area contributed by atoms with Gasteiger partial charge in [0.05, 0.1) is 0 Å². The molecule has 0 atom stereocenters. The molecule has 0 fully saturated rings. The van der Waals surface area contributed by atoms with Gasteiger partial charge < -0.3 is 0 Å². The summed E-state index contributed by atoms with van der Waals surface area (Å²) in [4.78, 5) is 3.01. The van der Waals surface area contributed by atoms with Gasteiger partial charge in [0.2, 0.25) is 0 Å². The average molecular weight is 234 g/mol. The second kappa shape index (κ2) is 7.52. The minimum atomic E-state index is 0.760. The van der Waals surface area contributed by atoms with Crippen LogP contribution in [0.4, 0.5) is 0 Å². The highest BCUT2D eigenvalue weighted by atomic mass is 32.1. The molecule has 16 heavy (non-hydrogen) atoms. The van der Waals surface area contributed by atoms with Crippen molar-refractivity contribution in [3.63, 3.8) is 0 Å². The fraction of sp³-hybridized carbons (Fsp3) is 0.600. The molecule has 1 aromatic rings. The van der Waals surface area contributed by atoms with Crippen molar-refractivity contribution >= 4 is 11.3 Å². The molecule has 0 radical (unpaired) electrons. The largest absolute Gasteiger partial charge is 0.145 e. The summed E-state index contributed by atoms with van der Waals surface area (Å²) in [5.74, 6) is 7.20. The molecule has 0 aliphatic heterocycles. The Morgan fingerprint density at radius 3 is 2.50 bits per heavy atom. The number of unbranched alkanes of at least 4 members (excludes halogenated alkanes) is 1. The van der Waals surface area contributed by atoms with E-state index >= 15 is 0 Å². The molecule has 0 bridgehead atoms. The van der Waals surface area contributed by atoms with Crippen molar-refractivity contribution in [2.24, 2.45) is 5.92 Å². The number of hydrogen-bond acceptors (Lipinski definition) is 1. The molecule has 0 amide bonds. The van der Waals surface area contributed by atoms with Gasteiger partial charge in [0.1, 0.15) is 0 Å². The van der Waals surface area contributed by atoms with Crippen molar-refractivity contribution in [1.29, 1.82) is 0 Å². The lowest BCUT2D eigenvalue weighted by atomic mass is 10.1. The zero-order valence-corrected chi connectivity index (χ0v) is 11.5. The smallest absolute Gasteiger partial charge is 0.0137 e. The SMILES string of the molecule is CCCC#CCCc1ccc(CC(C)C)s1. The first-order chi connectivity index (χ1) is 7.72. The Labute approximate surface area is 104 Å². The first-order valence-electron chi connectivity index (χ1n) is 6.25. The Balaban J connectivity index is 2.33. The Hall–Kier alpha value is -0.740. The molecule has 1 rings (SSSR count). The van der Waals surface area contributed by atoms with Gasteiger partial charge in [-0.05, 0) is 37.3 Å². The second-order valence-corrected chi connectivity index (χ2v) is 5.82. The van der Waals surface area contributed by atoms with Crippen LogP contribution in [0.15, 0.2) is 12.1 Å². The summed E-state index contributed by atoms with van der Waals surface area (Å²) in [7, 11) is 0. The van der Waals surface area contributed by atoms with Crippen LogP contribution >= 0.6 is 11.3 Å². The van der Waals surface area contributed by atoms with E-state index in [0.717, 1.165) is 25.2 Å². The zero-order chi connectivity index (χ0) is 11.8. The molecule has 0 aliphatic carbocycles. The van der Waals surface area contributed by atoms with Crippen molar-refractivity contribution in [1.82, 2.24) is 0 Å². The molecule has 0 saturated carbocycles. The van der Waals surface area contributed by atoms with Gasteiger partial charge in [-0.1, -0.05) is 20.8 Å². The van der Waals surface area contributed by atoms with Crippen molar-refractivity contribution in [2.75, 3.05) is 0 Å². The Kier molecular flexibility index (Phi) is 6.26. The summed E-state index contributed by atoms with van der Waals surface area (Å²) in [6.45, 7) is 6.72. The maximum absolute atomic E-state index is 3.24. The number of hydrogen-bond donors (Lipinski definition) is 0. The topological polar surface area (TPSA) is 0 Å². The van der Waals surface area contributed by atoms with Crippen molar-refractivity contribution in [3.05, 3.63) is 21.9 Å². The monoisotopic (exact) mass is 234 g/mol. The van der Waals surface area contributed by atoms with Crippen molar-refractivity contribution in [2.45, 2.75) is 52.9 Å². The third-order valence-corrected chi connectivity index (χ3v) is 3.49. The number of thiophene rings is 1. The molecule has 88 valence electrons. The van der Waals surface area contributed by atoms with E-state index < -0.39 is 0 Å². The van der Waals surface area contributed by atoms with Gasteiger partial charge in [0.25, 0.3) is 0 Å². The van der Waals surface area contributed by atoms with Crippen LogP contribution in [0, 0.1) is 17.8 Å². The molecule has 0 nitrogen and oxygen atoms in total. The highest BCUT2D eigenvalue weighted by Gasteiger charge is 2.01. The predicted octanol–water partition coefficient (Wildman–Crippen LogP) is 4.68. The van der Waals surface area contributed by atoms with Crippen LogP contribution in [0.25, 0.3) is 0 Å². The van der Waals surface area contributed by atoms with Gasteiger partial charge in [-0.3, -0.25) is 0 Å². The maximum atomic E-state index is 3.24. The molecule has 0 aliphatic rings. The Morgan fingerprint density at radius 2 is 1.81 bits per heavy atom. The minimum absolute atomic E-state index is 0.760.